The molecule has 26 heavy (non-hydrogen) atoms. The first-order valence-electron chi connectivity index (χ1n) is 7.96. The number of ether oxygens (including phenoxy) is 1. The number of nitrogens with zero attached hydrogens (tertiary/aromatic N) is 1. The molecule has 0 amide bonds. The summed E-state index contributed by atoms with van der Waals surface area (Å²) in [7, 11) is 0. The first-order chi connectivity index (χ1) is 12.6. The van der Waals surface area contributed by atoms with Gasteiger partial charge < -0.3 is 9.84 Å². The number of halogens is 1. The molecule has 0 bridgehead atoms. The Kier molecular flexibility index (Phi) is 5.66. The molecular weight excluding hydrogens is 350 g/mol. The Morgan fingerprint density at radius 2 is 1.69 bits per heavy atom. The molecule has 0 saturated heterocycles. The molecule has 0 aromatic heterocycles. The molecule has 3 aromatic rings. The summed E-state index contributed by atoms with van der Waals surface area (Å²) < 4.78 is 5.89. The topological polar surface area (TPSA) is 58.9 Å². The molecule has 0 aliphatic heterocycles. The summed E-state index contributed by atoms with van der Waals surface area (Å²) >= 11 is 6.16. The molecular formula is C21H16ClNO3. The van der Waals surface area contributed by atoms with Crippen molar-refractivity contribution < 1.29 is 14.6 Å². The lowest BCUT2D eigenvalue weighted by Gasteiger charge is -2.10. The Labute approximate surface area is 156 Å². The average Bonchev–Trinajstić information content (AvgIpc) is 2.66. The Hall–Kier alpha value is -3.11. The summed E-state index contributed by atoms with van der Waals surface area (Å²) in [6.45, 7) is 0.359. The smallest absolute Gasteiger partial charge is 0.335 e. The minimum atomic E-state index is -0.959. The third-order valence-electron chi connectivity index (χ3n) is 3.73. The fraction of sp³-hybridized carbons (Fsp3) is 0.0476. The first-order valence-corrected chi connectivity index (χ1v) is 8.34. The van der Waals surface area contributed by atoms with E-state index in [1.807, 2.05) is 48.5 Å². The summed E-state index contributed by atoms with van der Waals surface area (Å²) in [4.78, 5) is 15.3. The van der Waals surface area contributed by atoms with Gasteiger partial charge in [0.25, 0.3) is 0 Å². The molecule has 4 nitrogen and oxygen atoms in total. The van der Waals surface area contributed by atoms with Gasteiger partial charge in [0.1, 0.15) is 12.4 Å². The molecule has 0 atom stereocenters. The first kappa shape index (κ1) is 17.7. The quantitative estimate of drug-likeness (QED) is 0.597. The highest BCUT2D eigenvalue weighted by Crippen LogP contribution is 2.22. The van der Waals surface area contributed by atoms with E-state index in [2.05, 4.69) is 4.99 Å². The molecule has 130 valence electrons. The highest BCUT2D eigenvalue weighted by molar-refractivity contribution is 6.31. The molecule has 0 saturated carbocycles. The lowest BCUT2D eigenvalue weighted by molar-refractivity contribution is 0.0697. The second-order valence-corrected chi connectivity index (χ2v) is 5.94. The second-order valence-electron chi connectivity index (χ2n) is 5.53. The fourth-order valence-corrected chi connectivity index (χ4v) is 2.51. The Morgan fingerprint density at radius 3 is 2.42 bits per heavy atom. The van der Waals surface area contributed by atoms with Gasteiger partial charge in [0.2, 0.25) is 0 Å². The Bertz CT molecular complexity index is 936. The van der Waals surface area contributed by atoms with Crippen molar-refractivity contribution in [3.05, 3.63) is 94.5 Å². The van der Waals surface area contributed by atoms with Gasteiger partial charge in [-0.25, -0.2) is 4.79 Å². The molecule has 0 radical (unpaired) electrons. The SMILES string of the molecule is O=C(O)c1ccc(N=Cc2ccccc2OCc2ccccc2Cl)cc1. The van der Waals surface area contributed by atoms with Gasteiger partial charge in [-0.15, -0.1) is 0 Å². The predicted molar refractivity (Wildman–Crippen MR) is 103 cm³/mol. The van der Waals surface area contributed by atoms with E-state index in [-0.39, 0.29) is 5.56 Å². The van der Waals surface area contributed by atoms with Crippen molar-refractivity contribution in [1.29, 1.82) is 0 Å². The number of hydrogen-bond donors (Lipinski definition) is 1. The number of rotatable bonds is 6. The van der Waals surface area contributed by atoms with E-state index in [1.165, 1.54) is 12.1 Å². The summed E-state index contributed by atoms with van der Waals surface area (Å²) in [5.74, 6) is -0.267. The van der Waals surface area contributed by atoms with Crippen LogP contribution in [0.3, 0.4) is 0 Å². The Morgan fingerprint density at radius 1 is 1.00 bits per heavy atom. The molecule has 1 N–H and O–H groups in total. The van der Waals surface area contributed by atoms with Crippen molar-refractivity contribution in [3.63, 3.8) is 0 Å². The van der Waals surface area contributed by atoms with E-state index in [0.717, 1.165) is 11.1 Å². The second kappa shape index (κ2) is 8.32. The zero-order valence-electron chi connectivity index (χ0n) is 13.8. The molecule has 0 spiro atoms. The normalized spacial score (nSPS) is 10.8. The molecule has 0 aliphatic carbocycles. The van der Waals surface area contributed by atoms with Crippen LogP contribution in [0.5, 0.6) is 5.75 Å². The van der Waals surface area contributed by atoms with E-state index in [0.29, 0.717) is 23.1 Å². The molecule has 0 unspecified atom stereocenters. The highest BCUT2D eigenvalue weighted by Gasteiger charge is 2.04. The van der Waals surface area contributed by atoms with Gasteiger partial charge in [-0.2, -0.15) is 0 Å². The Balaban J connectivity index is 1.74. The van der Waals surface area contributed by atoms with Crippen molar-refractivity contribution >= 4 is 29.5 Å². The molecule has 0 fully saturated rings. The monoisotopic (exact) mass is 365 g/mol. The minimum absolute atomic E-state index is 0.229. The fourth-order valence-electron chi connectivity index (χ4n) is 2.32. The van der Waals surface area contributed by atoms with E-state index < -0.39 is 5.97 Å². The van der Waals surface area contributed by atoms with Crippen LogP contribution < -0.4 is 4.74 Å². The third-order valence-corrected chi connectivity index (χ3v) is 4.10. The number of carboxylic acid groups (broad SMARTS) is 1. The van der Waals surface area contributed by atoms with Gasteiger partial charge in [-0.1, -0.05) is 41.9 Å². The number of carbonyl (C=O) groups is 1. The highest BCUT2D eigenvalue weighted by atomic mass is 35.5. The maximum atomic E-state index is 10.9. The van der Waals surface area contributed by atoms with Crippen LogP contribution in [-0.4, -0.2) is 17.3 Å². The largest absolute Gasteiger partial charge is 0.488 e. The van der Waals surface area contributed by atoms with Crippen LogP contribution in [0.4, 0.5) is 5.69 Å². The number of carboxylic acids is 1. The maximum absolute atomic E-state index is 10.9. The molecule has 5 heteroatoms. The van der Waals surface area contributed by atoms with Gasteiger partial charge >= 0.3 is 5.97 Å². The number of hydrogen-bond acceptors (Lipinski definition) is 3. The summed E-state index contributed by atoms with van der Waals surface area (Å²) in [5, 5.41) is 9.59. The van der Waals surface area contributed by atoms with Crippen LogP contribution in [0.2, 0.25) is 5.02 Å². The van der Waals surface area contributed by atoms with Crippen LogP contribution in [0.1, 0.15) is 21.5 Å². The van der Waals surface area contributed by atoms with E-state index in [9.17, 15) is 4.79 Å². The molecule has 0 heterocycles. The summed E-state index contributed by atoms with van der Waals surface area (Å²) in [6.07, 6.45) is 1.69. The van der Waals surface area contributed by atoms with Crippen LogP contribution in [-0.2, 0) is 6.61 Å². The van der Waals surface area contributed by atoms with E-state index >= 15 is 0 Å². The molecule has 3 rings (SSSR count). The van der Waals surface area contributed by atoms with Crippen LogP contribution in [0.15, 0.2) is 77.8 Å². The lowest BCUT2D eigenvalue weighted by atomic mass is 10.2. The average molecular weight is 366 g/mol. The van der Waals surface area contributed by atoms with Crippen molar-refractivity contribution in [3.8, 4) is 5.75 Å². The minimum Gasteiger partial charge on any atom is -0.488 e. The number of benzene rings is 3. The van der Waals surface area contributed by atoms with E-state index in [4.69, 9.17) is 21.4 Å². The van der Waals surface area contributed by atoms with Crippen molar-refractivity contribution in [1.82, 2.24) is 0 Å². The van der Waals surface area contributed by atoms with Gasteiger partial charge in [0.15, 0.2) is 0 Å². The van der Waals surface area contributed by atoms with Gasteiger partial charge in [-0.3, -0.25) is 4.99 Å². The molecule has 0 aliphatic rings. The van der Waals surface area contributed by atoms with Crippen molar-refractivity contribution in [2.45, 2.75) is 6.61 Å². The van der Waals surface area contributed by atoms with E-state index in [1.54, 1.807) is 18.3 Å². The number of aromatic carboxylic acids is 1. The zero-order valence-corrected chi connectivity index (χ0v) is 14.6. The lowest BCUT2D eigenvalue weighted by Crippen LogP contribution is -1.98. The number of para-hydroxylation sites is 1. The summed E-state index contributed by atoms with van der Waals surface area (Å²) in [6, 6.07) is 21.5. The third kappa shape index (κ3) is 4.49. The van der Waals surface area contributed by atoms with Gasteiger partial charge in [0, 0.05) is 22.4 Å². The van der Waals surface area contributed by atoms with Gasteiger partial charge in [-0.05, 0) is 42.5 Å². The maximum Gasteiger partial charge on any atom is 0.335 e. The zero-order chi connectivity index (χ0) is 18.4. The van der Waals surface area contributed by atoms with Crippen molar-refractivity contribution in [2.24, 2.45) is 4.99 Å². The van der Waals surface area contributed by atoms with Crippen LogP contribution >= 0.6 is 11.6 Å². The number of aliphatic imine (C=N–C) groups is 1. The summed E-state index contributed by atoms with van der Waals surface area (Å²) in [5.41, 5.74) is 2.62. The van der Waals surface area contributed by atoms with Crippen molar-refractivity contribution in [2.75, 3.05) is 0 Å². The standard InChI is InChI=1S/C21H16ClNO3/c22-19-7-3-1-6-17(19)14-26-20-8-4-2-5-16(20)13-23-18-11-9-15(10-12-18)21(24)25/h1-13H,14H2,(H,24,25). The van der Waals surface area contributed by atoms with Crippen LogP contribution in [0, 0.1) is 0 Å². The predicted octanol–water partition coefficient (Wildman–Crippen LogP) is 5.37. The van der Waals surface area contributed by atoms with Gasteiger partial charge in [0.05, 0.1) is 11.3 Å². The molecule has 3 aromatic carbocycles. The van der Waals surface area contributed by atoms with Crippen LogP contribution in [0.25, 0.3) is 0 Å².